The second-order valence-corrected chi connectivity index (χ2v) is 3.22. The second kappa shape index (κ2) is 5.30. The first-order chi connectivity index (χ1) is 5.04. The van der Waals surface area contributed by atoms with Crippen molar-refractivity contribution in [1.82, 2.24) is 0 Å². The van der Waals surface area contributed by atoms with Crippen molar-refractivity contribution in [2.45, 2.75) is 27.7 Å². The van der Waals surface area contributed by atoms with Crippen LogP contribution in [0.5, 0.6) is 0 Å². The van der Waals surface area contributed by atoms with Crippen molar-refractivity contribution in [3.05, 3.63) is 11.4 Å². The molecule has 0 fully saturated rings. The fourth-order valence-electron chi connectivity index (χ4n) is 0.547. The largest absolute Gasteiger partial charge is 0.377 e. The quantitative estimate of drug-likeness (QED) is 0.614. The van der Waals surface area contributed by atoms with Crippen LogP contribution < -0.4 is 0 Å². The summed E-state index contributed by atoms with van der Waals surface area (Å²) in [6, 6.07) is 0. The molecule has 0 aliphatic heterocycles. The minimum atomic E-state index is -0.131. The van der Waals surface area contributed by atoms with Crippen LogP contribution in [0.2, 0.25) is 0 Å². The molecule has 0 N–H and O–H groups in total. The maximum Gasteiger partial charge on any atom is 0.0980 e. The first-order valence-electron chi connectivity index (χ1n) is 3.93. The summed E-state index contributed by atoms with van der Waals surface area (Å²) in [5, 5.41) is 0. The number of rotatable bonds is 4. The minimum Gasteiger partial charge on any atom is -0.377 e. The fourth-order valence-corrected chi connectivity index (χ4v) is 0.547. The van der Waals surface area contributed by atoms with Gasteiger partial charge in [-0.3, -0.25) is 0 Å². The lowest BCUT2D eigenvalue weighted by Gasteiger charge is -2.06. The van der Waals surface area contributed by atoms with E-state index in [-0.39, 0.29) is 5.83 Å². The van der Waals surface area contributed by atoms with Gasteiger partial charge in [-0.1, -0.05) is 13.8 Å². The molecule has 0 saturated heterocycles. The molecular weight excluding hydrogens is 143 g/mol. The van der Waals surface area contributed by atoms with E-state index in [0.717, 1.165) is 0 Å². The van der Waals surface area contributed by atoms with Gasteiger partial charge in [0.25, 0.3) is 0 Å². The molecule has 0 bridgehead atoms. The molecule has 0 aromatic carbocycles. The van der Waals surface area contributed by atoms with Crippen molar-refractivity contribution in [3.8, 4) is 0 Å². The molecule has 0 unspecified atom stereocenters. The van der Waals surface area contributed by atoms with Gasteiger partial charge in [0.05, 0.1) is 12.4 Å². The predicted molar refractivity (Wildman–Crippen MR) is 45.1 cm³/mol. The normalized spacial score (nSPS) is 13.6. The molecule has 0 rings (SSSR count). The van der Waals surface area contributed by atoms with Crippen LogP contribution in [0.1, 0.15) is 27.7 Å². The molecule has 0 radical (unpaired) electrons. The zero-order chi connectivity index (χ0) is 8.85. The van der Waals surface area contributed by atoms with Crippen molar-refractivity contribution in [1.29, 1.82) is 0 Å². The van der Waals surface area contributed by atoms with Crippen molar-refractivity contribution in [2.24, 2.45) is 5.92 Å². The average molecular weight is 160 g/mol. The highest BCUT2D eigenvalue weighted by atomic mass is 19.1. The monoisotopic (exact) mass is 160 g/mol. The third kappa shape index (κ3) is 6.05. The molecule has 0 aromatic heterocycles. The summed E-state index contributed by atoms with van der Waals surface area (Å²) in [5.74, 6) is 0.386. The van der Waals surface area contributed by atoms with Crippen molar-refractivity contribution < 1.29 is 9.13 Å². The predicted octanol–water partition coefficient (Wildman–Crippen LogP) is 2.92. The Morgan fingerprint density at radius 3 is 2.27 bits per heavy atom. The molecule has 0 atom stereocenters. The lowest BCUT2D eigenvalue weighted by molar-refractivity contribution is 0.128. The van der Waals surface area contributed by atoms with Gasteiger partial charge in [0.2, 0.25) is 0 Å². The Morgan fingerprint density at radius 2 is 1.91 bits per heavy atom. The highest BCUT2D eigenvalue weighted by molar-refractivity contribution is 5.02. The summed E-state index contributed by atoms with van der Waals surface area (Å²) < 4.78 is 17.6. The van der Waals surface area contributed by atoms with Crippen LogP contribution in [0.4, 0.5) is 4.39 Å². The second-order valence-electron chi connectivity index (χ2n) is 3.22. The molecule has 0 aromatic rings. The van der Waals surface area contributed by atoms with Gasteiger partial charge in [-0.25, -0.2) is 4.39 Å². The van der Waals surface area contributed by atoms with E-state index >= 15 is 0 Å². The van der Waals surface area contributed by atoms with Gasteiger partial charge in [0.15, 0.2) is 0 Å². The molecule has 0 spiro atoms. The molecule has 1 nitrogen and oxygen atoms in total. The summed E-state index contributed by atoms with van der Waals surface area (Å²) in [7, 11) is 0. The van der Waals surface area contributed by atoms with Gasteiger partial charge in [-0.2, -0.15) is 0 Å². The third-order valence-corrected chi connectivity index (χ3v) is 1.36. The van der Waals surface area contributed by atoms with E-state index < -0.39 is 0 Å². The molecule has 2 heteroatoms. The summed E-state index contributed by atoms with van der Waals surface area (Å²) in [4.78, 5) is 0. The molecule has 0 aliphatic rings. The van der Waals surface area contributed by atoms with Crippen LogP contribution >= 0.6 is 0 Å². The zero-order valence-electron chi connectivity index (χ0n) is 7.78. The van der Waals surface area contributed by atoms with Crippen molar-refractivity contribution >= 4 is 0 Å². The van der Waals surface area contributed by atoms with Gasteiger partial charge in [0, 0.05) is 6.61 Å². The maximum atomic E-state index is 12.4. The Hall–Kier alpha value is -0.370. The van der Waals surface area contributed by atoms with Gasteiger partial charge in [-0.15, -0.1) is 0 Å². The zero-order valence-corrected chi connectivity index (χ0v) is 7.78. The standard InChI is InChI=1S/C9H17FO/c1-7(2)5-11-6-8(3)9(4)10/h7H,5-6H2,1-4H3/b9-8-. The summed E-state index contributed by atoms with van der Waals surface area (Å²) in [6.07, 6.45) is 0. The minimum absolute atomic E-state index is 0.131. The van der Waals surface area contributed by atoms with Crippen LogP contribution in [0, 0.1) is 5.92 Å². The van der Waals surface area contributed by atoms with Crippen molar-refractivity contribution in [2.75, 3.05) is 13.2 Å². The van der Waals surface area contributed by atoms with E-state index in [9.17, 15) is 4.39 Å². The van der Waals surface area contributed by atoms with Gasteiger partial charge in [-0.05, 0) is 25.3 Å². The van der Waals surface area contributed by atoms with E-state index in [1.54, 1.807) is 6.92 Å². The molecular formula is C9H17FO. The topological polar surface area (TPSA) is 9.23 Å². The number of hydrogen-bond acceptors (Lipinski definition) is 1. The third-order valence-electron chi connectivity index (χ3n) is 1.36. The smallest absolute Gasteiger partial charge is 0.0980 e. The highest BCUT2D eigenvalue weighted by Gasteiger charge is 1.97. The average Bonchev–Trinajstić information content (AvgIpc) is 1.86. The van der Waals surface area contributed by atoms with Crippen LogP contribution in [-0.4, -0.2) is 13.2 Å². The number of allylic oxidation sites excluding steroid dienone is 1. The van der Waals surface area contributed by atoms with Crippen LogP contribution in [0.15, 0.2) is 11.4 Å². The van der Waals surface area contributed by atoms with Gasteiger partial charge < -0.3 is 4.74 Å². The van der Waals surface area contributed by atoms with Crippen LogP contribution in [0.25, 0.3) is 0 Å². The summed E-state index contributed by atoms with van der Waals surface area (Å²) >= 11 is 0. The van der Waals surface area contributed by atoms with E-state index in [0.29, 0.717) is 24.7 Å². The summed E-state index contributed by atoms with van der Waals surface area (Å²) in [5.41, 5.74) is 0.686. The summed E-state index contributed by atoms with van der Waals surface area (Å²) in [6.45, 7) is 8.46. The number of halogens is 1. The van der Waals surface area contributed by atoms with Gasteiger partial charge >= 0.3 is 0 Å². The molecule has 11 heavy (non-hydrogen) atoms. The first-order valence-corrected chi connectivity index (χ1v) is 3.93. The van der Waals surface area contributed by atoms with E-state index in [4.69, 9.17) is 4.74 Å². The lowest BCUT2D eigenvalue weighted by atomic mass is 10.2. The van der Waals surface area contributed by atoms with E-state index in [1.165, 1.54) is 6.92 Å². The fraction of sp³-hybridized carbons (Fsp3) is 0.778. The Labute approximate surface area is 68.2 Å². The highest BCUT2D eigenvalue weighted by Crippen LogP contribution is 2.05. The molecule has 66 valence electrons. The maximum absolute atomic E-state index is 12.4. The molecule has 0 heterocycles. The molecule has 0 saturated carbocycles. The Kier molecular flexibility index (Phi) is 5.12. The van der Waals surface area contributed by atoms with E-state index in [1.807, 2.05) is 0 Å². The Bertz CT molecular complexity index is 134. The van der Waals surface area contributed by atoms with Crippen molar-refractivity contribution in [3.63, 3.8) is 0 Å². The first kappa shape index (κ1) is 10.6. The molecule has 0 aliphatic carbocycles. The number of hydrogen-bond donors (Lipinski definition) is 0. The lowest BCUT2D eigenvalue weighted by Crippen LogP contribution is -2.04. The Balaban J connectivity index is 3.48. The van der Waals surface area contributed by atoms with Crippen LogP contribution in [-0.2, 0) is 4.74 Å². The number of ether oxygens (including phenoxy) is 1. The van der Waals surface area contributed by atoms with E-state index in [2.05, 4.69) is 13.8 Å². The van der Waals surface area contributed by atoms with Crippen LogP contribution in [0.3, 0.4) is 0 Å². The Morgan fingerprint density at radius 1 is 1.36 bits per heavy atom. The van der Waals surface area contributed by atoms with Gasteiger partial charge in [0.1, 0.15) is 0 Å². The molecule has 0 amide bonds. The SMILES string of the molecule is C/C(F)=C(\C)COCC(C)C.